The van der Waals surface area contributed by atoms with Gasteiger partial charge in [-0.15, -0.1) is 0 Å². The first kappa shape index (κ1) is 20.7. The Morgan fingerprint density at radius 3 is 1.52 bits per heavy atom. The molecule has 0 aliphatic carbocycles. The van der Waals surface area contributed by atoms with Crippen LogP contribution in [0.2, 0.25) is 0 Å². The van der Waals surface area contributed by atoms with E-state index in [1.807, 2.05) is 0 Å². The summed E-state index contributed by atoms with van der Waals surface area (Å²) < 4.78 is 82.8. The monoisotopic (exact) mass is 391 g/mol. The van der Waals surface area contributed by atoms with E-state index in [2.05, 4.69) is 0 Å². The summed E-state index contributed by atoms with van der Waals surface area (Å²) in [5.41, 5.74) is 13.0. The van der Waals surface area contributed by atoms with Crippen molar-refractivity contribution < 1.29 is 26.3 Å². The summed E-state index contributed by atoms with van der Waals surface area (Å²) >= 11 is 0. The second-order valence-electron chi connectivity index (χ2n) is 6.59. The van der Waals surface area contributed by atoms with Crippen molar-refractivity contribution >= 4 is 17.1 Å². The zero-order valence-corrected chi connectivity index (χ0v) is 14.4. The van der Waals surface area contributed by atoms with E-state index in [9.17, 15) is 26.3 Å². The molecule has 0 amide bonds. The predicted molar refractivity (Wildman–Crippen MR) is 92.8 cm³/mol. The van der Waals surface area contributed by atoms with Gasteiger partial charge in [-0.1, -0.05) is 18.2 Å². The second kappa shape index (κ2) is 6.86. The van der Waals surface area contributed by atoms with Gasteiger partial charge in [0.25, 0.3) is 0 Å². The van der Waals surface area contributed by atoms with Crippen molar-refractivity contribution in [2.24, 2.45) is 5.41 Å². The topological polar surface area (TPSA) is 78.1 Å². The van der Waals surface area contributed by atoms with Crippen molar-refractivity contribution in [2.45, 2.75) is 32.1 Å². The maximum Gasteiger partial charge on any atom is 0.403 e. The third kappa shape index (κ3) is 4.06. The van der Waals surface area contributed by atoms with Crippen molar-refractivity contribution in [1.82, 2.24) is 0 Å². The number of rotatable bonds is 4. The second-order valence-corrected chi connectivity index (χ2v) is 6.59. The third-order valence-electron chi connectivity index (χ3n) is 4.59. The Labute approximate surface area is 152 Å². The number of hydrogen-bond acceptors (Lipinski definition) is 3. The van der Waals surface area contributed by atoms with E-state index in [0.29, 0.717) is 5.56 Å². The minimum absolute atomic E-state index is 0.0784. The lowest BCUT2D eigenvalue weighted by Crippen LogP contribution is -2.53. The van der Waals surface area contributed by atoms with Crippen LogP contribution in [0, 0.1) is 12.3 Å². The van der Waals surface area contributed by atoms with Crippen LogP contribution in [0.3, 0.4) is 0 Å². The van der Waals surface area contributed by atoms with E-state index in [1.54, 1.807) is 6.92 Å². The number of alkyl halides is 6. The van der Waals surface area contributed by atoms with Crippen LogP contribution in [0.15, 0.2) is 36.4 Å². The van der Waals surface area contributed by atoms with E-state index >= 15 is 0 Å². The van der Waals surface area contributed by atoms with Crippen LogP contribution in [0.4, 0.5) is 43.4 Å². The molecule has 0 heterocycles. The zero-order chi connectivity index (χ0) is 20.6. The molecule has 0 aliphatic rings. The van der Waals surface area contributed by atoms with Gasteiger partial charge in [0.1, 0.15) is 0 Å². The van der Waals surface area contributed by atoms with Gasteiger partial charge < -0.3 is 17.2 Å². The zero-order valence-electron chi connectivity index (χ0n) is 14.4. The molecule has 0 saturated heterocycles. The lowest BCUT2D eigenvalue weighted by molar-refractivity contribution is -0.340. The largest absolute Gasteiger partial charge is 0.403 e. The Kier molecular flexibility index (Phi) is 5.27. The molecule has 2 aromatic carbocycles. The maximum absolute atomic E-state index is 13.8. The summed E-state index contributed by atoms with van der Waals surface area (Å²) in [5.74, 6) is 0. The number of nitrogens with two attached hydrogens (primary N) is 3. The minimum atomic E-state index is -5.55. The molecule has 148 valence electrons. The average Bonchev–Trinajstić information content (AvgIpc) is 2.51. The summed E-state index contributed by atoms with van der Waals surface area (Å²) in [5, 5.41) is 0. The molecule has 0 radical (unpaired) electrons. The van der Waals surface area contributed by atoms with Gasteiger partial charge >= 0.3 is 12.4 Å². The molecule has 0 bridgehead atoms. The van der Waals surface area contributed by atoms with Crippen LogP contribution in [0.1, 0.15) is 16.7 Å². The SMILES string of the molecule is Cc1ccc(CC(Cc2ccc(N)c(N)c2)(C(F)(F)F)C(F)(F)F)cc1N. The molecule has 0 aliphatic heterocycles. The first-order chi connectivity index (χ1) is 12.3. The van der Waals surface area contributed by atoms with Crippen LogP contribution >= 0.6 is 0 Å². The fourth-order valence-electron chi connectivity index (χ4n) is 2.86. The van der Waals surface area contributed by atoms with E-state index < -0.39 is 30.6 Å². The highest BCUT2D eigenvalue weighted by molar-refractivity contribution is 5.64. The van der Waals surface area contributed by atoms with Gasteiger partial charge in [0.2, 0.25) is 0 Å². The van der Waals surface area contributed by atoms with Gasteiger partial charge in [-0.2, -0.15) is 26.3 Å². The molecule has 3 nitrogen and oxygen atoms in total. The summed E-state index contributed by atoms with van der Waals surface area (Å²) in [6.45, 7) is 1.61. The molecule has 0 fully saturated rings. The van der Waals surface area contributed by atoms with E-state index in [1.165, 1.54) is 18.2 Å². The number of nitrogen functional groups attached to an aromatic ring is 3. The quantitative estimate of drug-likeness (QED) is 0.525. The van der Waals surface area contributed by atoms with Crippen LogP contribution < -0.4 is 17.2 Å². The molecule has 27 heavy (non-hydrogen) atoms. The summed E-state index contributed by atoms with van der Waals surface area (Å²) in [6, 6.07) is 7.08. The first-order valence-corrected chi connectivity index (χ1v) is 7.89. The van der Waals surface area contributed by atoms with Crippen LogP contribution in [0.25, 0.3) is 0 Å². The number of halogens is 6. The highest BCUT2D eigenvalue weighted by Crippen LogP contribution is 2.54. The smallest absolute Gasteiger partial charge is 0.399 e. The van der Waals surface area contributed by atoms with Crippen molar-refractivity contribution in [2.75, 3.05) is 17.2 Å². The van der Waals surface area contributed by atoms with Gasteiger partial charge in [0.15, 0.2) is 5.41 Å². The molecule has 0 unspecified atom stereocenters. The number of aryl methyl sites for hydroxylation is 1. The summed E-state index contributed by atoms with van der Waals surface area (Å²) in [4.78, 5) is 0. The van der Waals surface area contributed by atoms with Crippen molar-refractivity contribution in [3.63, 3.8) is 0 Å². The molecular formula is C18H19F6N3. The van der Waals surface area contributed by atoms with Crippen LogP contribution in [-0.4, -0.2) is 12.4 Å². The molecule has 0 spiro atoms. The van der Waals surface area contributed by atoms with Crippen molar-refractivity contribution in [1.29, 1.82) is 0 Å². The van der Waals surface area contributed by atoms with E-state index in [0.717, 1.165) is 18.2 Å². The number of anilines is 3. The first-order valence-electron chi connectivity index (χ1n) is 7.89. The predicted octanol–water partition coefficient (Wildman–Crippen LogP) is 4.64. The maximum atomic E-state index is 13.8. The number of hydrogen-bond donors (Lipinski definition) is 3. The van der Waals surface area contributed by atoms with Crippen LogP contribution in [-0.2, 0) is 12.8 Å². The summed E-state index contributed by atoms with van der Waals surface area (Å²) in [6.07, 6.45) is -13.7. The molecule has 2 aromatic rings. The molecule has 6 N–H and O–H groups in total. The van der Waals surface area contributed by atoms with E-state index in [4.69, 9.17) is 17.2 Å². The molecule has 9 heteroatoms. The standard InChI is InChI=1S/C18H19F6N3/c1-10-2-3-11(6-14(10)26)8-16(17(19,20)21,18(22,23)24)9-12-4-5-13(25)15(27)7-12/h2-7H,8-9,25-27H2,1H3. The highest BCUT2D eigenvalue weighted by Gasteiger charge is 2.69. The normalized spacial score (nSPS) is 13.0. The lowest BCUT2D eigenvalue weighted by Gasteiger charge is -2.38. The van der Waals surface area contributed by atoms with Gasteiger partial charge in [0, 0.05) is 5.69 Å². The Morgan fingerprint density at radius 1 is 0.667 bits per heavy atom. The average molecular weight is 391 g/mol. The Bertz CT molecular complexity index is 757. The fraction of sp³-hybridized carbons (Fsp3) is 0.333. The summed E-state index contributed by atoms with van der Waals surface area (Å²) in [7, 11) is 0. The third-order valence-corrected chi connectivity index (χ3v) is 4.59. The Morgan fingerprint density at radius 2 is 1.11 bits per heavy atom. The fourth-order valence-corrected chi connectivity index (χ4v) is 2.86. The minimum Gasteiger partial charge on any atom is -0.399 e. The van der Waals surface area contributed by atoms with Crippen molar-refractivity contribution in [3.05, 3.63) is 53.1 Å². The van der Waals surface area contributed by atoms with Crippen LogP contribution in [0.5, 0.6) is 0 Å². The Balaban J connectivity index is 2.58. The van der Waals surface area contributed by atoms with Gasteiger partial charge in [-0.25, -0.2) is 0 Å². The van der Waals surface area contributed by atoms with Gasteiger partial charge in [-0.3, -0.25) is 0 Å². The Hall–Kier alpha value is -2.58. The molecule has 2 rings (SSSR count). The molecular weight excluding hydrogens is 372 g/mol. The van der Waals surface area contributed by atoms with Gasteiger partial charge in [-0.05, 0) is 54.7 Å². The molecule has 0 aromatic heterocycles. The lowest BCUT2D eigenvalue weighted by atomic mass is 9.74. The highest BCUT2D eigenvalue weighted by atomic mass is 19.4. The van der Waals surface area contributed by atoms with Gasteiger partial charge in [0.05, 0.1) is 11.4 Å². The molecule has 0 saturated carbocycles. The molecule has 0 atom stereocenters. The van der Waals surface area contributed by atoms with E-state index in [-0.39, 0.29) is 28.2 Å². The van der Waals surface area contributed by atoms with Crippen molar-refractivity contribution in [3.8, 4) is 0 Å². The number of benzene rings is 2.